The Bertz CT molecular complexity index is 589. The molecule has 3 amide bonds. The van der Waals surface area contributed by atoms with Crippen molar-refractivity contribution in [2.75, 3.05) is 13.1 Å². The molecule has 132 valence electrons. The number of amides is 3. The average Bonchev–Trinajstić information content (AvgIpc) is 3.08. The van der Waals surface area contributed by atoms with Crippen LogP contribution in [-0.4, -0.2) is 25.0 Å². The van der Waals surface area contributed by atoms with Crippen LogP contribution in [0, 0.1) is 17.6 Å². The van der Waals surface area contributed by atoms with E-state index < -0.39 is 23.7 Å². The molecule has 24 heavy (non-hydrogen) atoms. The van der Waals surface area contributed by atoms with Crippen LogP contribution in [0.25, 0.3) is 0 Å². The van der Waals surface area contributed by atoms with Crippen molar-refractivity contribution in [2.45, 2.75) is 38.6 Å². The predicted octanol–water partition coefficient (Wildman–Crippen LogP) is 2.63. The van der Waals surface area contributed by atoms with Gasteiger partial charge in [0.05, 0.1) is 6.04 Å². The van der Waals surface area contributed by atoms with Gasteiger partial charge in [-0.2, -0.15) is 0 Å². The summed E-state index contributed by atoms with van der Waals surface area (Å²) in [5.41, 5.74) is 0.471. The monoisotopic (exact) mass is 339 g/mol. The topological polar surface area (TPSA) is 70.2 Å². The molecule has 1 aliphatic carbocycles. The first-order chi connectivity index (χ1) is 11.5. The third-order valence-electron chi connectivity index (χ3n) is 4.23. The fraction of sp³-hybridized carbons (Fsp3) is 0.529. The number of urea groups is 1. The highest BCUT2D eigenvalue weighted by Gasteiger charge is 2.22. The van der Waals surface area contributed by atoms with Gasteiger partial charge in [-0.15, -0.1) is 0 Å². The number of halogens is 2. The highest BCUT2D eigenvalue weighted by atomic mass is 19.2. The molecular formula is C17H23F2N3O2. The molecule has 2 rings (SSSR count). The number of benzene rings is 1. The molecule has 1 aromatic rings. The first-order valence-corrected chi connectivity index (χ1v) is 8.24. The molecule has 1 atom stereocenters. The van der Waals surface area contributed by atoms with Crippen LogP contribution >= 0.6 is 0 Å². The minimum Gasteiger partial charge on any atom is -0.354 e. The Hall–Kier alpha value is -2.18. The number of hydrogen-bond donors (Lipinski definition) is 3. The summed E-state index contributed by atoms with van der Waals surface area (Å²) in [6.45, 7) is 2.34. The van der Waals surface area contributed by atoms with Gasteiger partial charge in [-0.1, -0.05) is 18.9 Å². The summed E-state index contributed by atoms with van der Waals surface area (Å²) in [7, 11) is 0. The van der Waals surface area contributed by atoms with Gasteiger partial charge in [-0.3, -0.25) is 4.79 Å². The van der Waals surface area contributed by atoms with Gasteiger partial charge in [0, 0.05) is 19.0 Å². The molecule has 7 heteroatoms. The van der Waals surface area contributed by atoms with Crippen molar-refractivity contribution >= 4 is 11.9 Å². The van der Waals surface area contributed by atoms with E-state index in [4.69, 9.17) is 0 Å². The summed E-state index contributed by atoms with van der Waals surface area (Å²) < 4.78 is 26.1. The molecule has 3 N–H and O–H groups in total. The lowest BCUT2D eigenvalue weighted by molar-refractivity contribution is -0.124. The van der Waals surface area contributed by atoms with Crippen molar-refractivity contribution in [3.8, 4) is 0 Å². The highest BCUT2D eigenvalue weighted by Crippen LogP contribution is 2.24. The Labute approximate surface area is 140 Å². The van der Waals surface area contributed by atoms with Crippen LogP contribution in [0.5, 0.6) is 0 Å². The average molecular weight is 339 g/mol. The van der Waals surface area contributed by atoms with Crippen LogP contribution in [0.2, 0.25) is 0 Å². The van der Waals surface area contributed by atoms with E-state index in [0.717, 1.165) is 37.8 Å². The van der Waals surface area contributed by atoms with Crippen LogP contribution in [0.1, 0.15) is 44.2 Å². The van der Waals surface area contributed by atoms with Gasteiger partial charge in [0.1, 0.15) is 0 Å². The molecule has 0 saturated heterocycles. The van der Waals surface area contributed by atoms with Gasteiger partial charge >= 0.3 is 6.03 Å². The third kappa shape index (κ3) is 5.18. The van der Waals surface area contributed by atoms with Crippen molar-refractivity contribution in [1.29, 1.82) is 0 Å². The molecule has 1 fully saturated rings. The van der Waals surface area contributed by atoms with Crippen molar-refractivity contribution in [3.05, 3.63) is 35.4 Å². The van der Waals surface area contributed by atoms with Gasteiger partial charge in [-0.25, -0.2) is 13.6 Å². The van der Waals surface area contributed by atoms with E-state index in [2.05, 4.69) is 16.0 Å². The van der Waals surface area contributed by atoms with E-state index >= 15 is 0 Å². The quantitative estimate of drug-likeness (QED) is 0.697. The minimum atomic E-state index is -0.948. The normalized spacial score (nSPS) is 15.8. The molecule has 0 bridgehead atoms. The van der Waals surface area contributed by atoms with Gasteiger partial charge < -0.3 is 16.0 Å². The Kier molecular flexibility index (Phi) is 6.52. The maximum atomic E-state index is 13.2. The van der Waals surface area contributed by atoms with Gasteiger partial charge in [0.25, 0.3) is 0 Å². The van der Waals surface area contributed by atoms with Gasteiger partial charge in [-0.05, 0) is 37.5 Å². The maximum absolute atomic E-state index is 13.2. The lowest BCUT2D eigenvalue weighted by Gasteiger charge is -2.16. The van der Waals surface area contributed by atoms with Crippen LogP contribution in [0.4, 0.5) is 13.6 Å². The van der Waals surface area contributed by atoms with E-state index in [1.54, 1.807) is 6.92 Å². The van der Waals surface area contributed by atoms with Crippen LogP contribution in [0.15, 0.2) is 18.2 Å². The predicted molar refractivity (Wildman–Crippen MR) is 86.3 cm³/mol. The van der Waals surface area contributed by atoms with Crippen molar-refractivity contribution in [2.24, 2.45) is 5.92 Å². The van der Waals surface area contributed by atoms with E-state index in [0.29, 0.717) is 18.7 Å². The Morgan fingerprint density at radius 2 is 1.79 bits per heavy atom. The number of nitrogens with one attached hydrogen (secondary N) is 3. The molecule has 1 aromatic carbocycles. The van der Waals surface area contributed by atoms with Crippen molar-refractivity contribution < 1.29 is 18.4 Å². The number of carbonyl (C=O) groups is 2. The lowest BCUT2D eigenvalue weighted by Crippen LogP contribution is -2.42. The summed E-state index contributed by atoms with van der Waals surface area (Å²) in [4.78, 5) is 23.6. The Morgan fingerprint density at radius 1 is 1.12 bits per heavy atom. The fourth-order valence-corrected chi connectivity index (χ4v) is 2.81. The van der Waals surface area contributed by atoms with Gasteiger partial charge in [0.15, 0.2) is 11.6 Å². The van der Waals surface area contributed by atoms with E-state index in [1.165, 1.54) is 6.07 Å². The lowest BCUT2D eigenvalue weighted by atomic mass is 10.1. The minimum absolute atomic E-state index is 0.0462. The van der Waals surface area contributed by atoms with Crippen molar-refractivity contribution in [1.82, 2.24) is 16.0 Å². The molecule has 0 aliphatic heterocycles. The number of hydrogen-bond acceptors (Lipinski definition) is 2. The molecule has 0 heterocycles. The molecule has 1 unspecified atom stereocenters. The van der Waals surface area contributed by atoms with Crippen LogP contribution < -0.4 is 16.0 Å². The summed E-state index contributed by atoms with van der Waals surface area (Å²) in [6, 6.07) is 2.61. The van der Waals surface area contributed by atoms with E-state index in [9.17, 15) is 18.4 Å². The third-order valence-corrected chi connectivity index (χ3v) is 4.23. The standard InChI is InChI=1S/C17H23F2N3O2/c1-11(13-6-7-14(18)15(19)10-13)22-17(24)21-9-8-20-16(23)12-4-2-3-5-12/h6-7,10-12H,2-5,8-9H2,1H3,(H,20,23)(H2,21,22,24). The first-order valence-electron chi connectivity index (χ1n) is 8.24. The molecule has 0 radical (unpaired) electrons. The summed E-state index contributed by atoms with van der Waals surface area (Å²) in [6.07, 6.45) is 4.07. The SMILES string of the molecule is CC(NC(=O)NCCNC(=O)C1CCCC1)c1ccc(F)c(F)c1. The van der Waals surface area contributed by atoms with E-state index in [-0.39, 0.29) is 11.8 Å². The Balaban J connectivity index is 1.67. The second kappa shape index (κ2) is 8.61. The zero-order valence-electron chi connectivity index (χ0n) is 13.7. The molecule has 1 saturated carbocycles. The number of carbonyl (C=O) groups excluding carboxylic acids is 2. The zero-order chi connectivity index (χ0) is 17.5. The highest BCUT2D eigenvalue weighted by molar-refractivity contribution is 5.79. The van der Waals surface area contributed by atoms with Crippen LogP contribution in [0.3, 0.4) is 0 Å². The zero-order valence-corrected chi connectivity index (χ0v) is 13.7. The second-order valence-corrected chi connectivity index (χ2v) is 6.07. The second-order valence-electron chi connectivity index (χ2n) is 6.07. The molecule has 1 aliphatic rings. The first kappa shape index (κ1) is 18.2. The van der Waals surface area contributed by atoms with Crippen molar-refractivity contribution in [3.63, 3.8) is 0 Å². The fourth-order valence-electron chi connectivity index (χ4n) is 2.81. The molecule has 0 spiro atoms. The largest absolute Gasteiger partial charge is 0.354 e. The van der Waals surface area contributed by atoms with Gasteiger partial charge in [0.2, 0.25) is 5.91 Å². The van der Waals surface area contributed by atoms with Crippen LogP contribution in [-0.2, 0) is 4.79 Å². The number of rotatable bonds is 6. The maximum Gasteiger partial charge on any atom is 0.315 e. The smallest absolute Gasteiger partial charge is 0.315 e. The summed E-state index contributed by atoms with van der Waals surface area (Å²) in [5.74, 6) is -1.72. The summed E-state index contributed by atoms with van der Waals surface area (Å²) >= 11 is 0. The van der Waals surface area contributed by atoms with E-state index in [1.807, 2.05) is 0 Å². The molecular weight excluding hydrogens is 316 g/mol. The molecule has 5 nitrogen and oxygen atoms in total. The summed E-state index contributed by atoms with van der Waals surface area (Å²) in [5, 5.41) is 8.06. The Morgan fingerprint density at radius 3 is 2.46 bits per heavy atom. The molecule has 0 aromatic heterocycles.